The minimum absolute atomic E-state index is 0.0538. The molecule has 0 aliphatic heterocycles. The maximum atomic E-state index is 13.0. The summed E-state index contributed by atoms with van der Waals surface area (Å²) in [5.74, 6) is -0.455. The number of halogens is 3. The Balaban J connectivity index is 2.01. The van der Waals surface area contributed by atoms with Crippen molar-refractivity contribution >= 4 is 46.6 Å². The van der Waals surface area contributed by atoms with Crippen molar-refractivity contribution in [3.8, 4) is 0 Å². The molecule has 0 heterocycles. The van der Waals surface area contributed by atoms with Crippen molar-refractivity contribution in [3.63, 3.8) is 0 Å². The average Bonchev–Trinajstić information content (AvgIpc) is 2.51. The van der Waals surface area contributed by atoms with E-state index in [0.717, 1.165) is 5.56 Å². The van der Waals surface area contributed by atoms with Crippen LogP contribution in [0.5, 0.6) is 0 Å². The Kier molecular flexibility index (Phi) is 6.33. The number of carbonyl (C=O) groups is 1. The smallest absolute Gasteiger partial charge is 0.237 e. The highest BCUT2D eigenvalue weighted by molar-refractivity contribution is 8.00. The summed E-state index contributed by atoms with van der Waals surface area (Å²) in [4.78, 5) is 12.3. The summed E-state index contributed by atoms with van der Waals surface area (Å²) in [5, 5.41) is 3.29. The third-order valence-electron chi connectivity index (χ3n) is 3.33. The molecule has 6 heteroatoms. The molecule has 1 N–H and O–H groups in total. The zero-order valence-corrected chi connectivity index (χ0v) is 15.0. The van der Waals surface area contributed by atoms with Crippen molar-refractivity contribution in [2.45, 2.75) is 24.3 Å². The van der Waals surface area contributed by atoms with Crippen molar-refractivity contribution in [1.29, 1.82) is 0 Å². The summed E-state index contributed by atoms with van der Waals surface area (Å²) in [5.41, 5.74) is 1.38. The van der Waals surface area contributed by atoms with E-state index >= 15 is 0 Å². The van der Waals surface area contributed by atoms with Crippen molar-refractivity contribution in [2.75, 3.05) is 5.32 Å². The Bertz CT molecular complexity index is 673. The van der Waals surface area contributed by atoms with Gasteiger partial charge in [-0.15, -0.1) is 11.8 Å². The number of hydrogen-bond donors (Lipinski definition) is 1. The van der Waals surface area contributed by atoms with Crippen LogP contribution in [0.25, 0.3) is 0 Å². The molecule has 0 aromatic heterocycles. The number of nitrogens with one attached hydrogen (secondary N) is 1. The van der Waals surface area contributed by atoms with Gasteiger partial charge in [0.25, 0.3) is 0 Å². The standard InChI is InChI=1S/C17H16Cl2FNOS/c1-10(12-6-8-13(20)9-7-12)23-11(2)17(22)21-16-14(18)4-3-5-15(16)19/h3-11H,1-2H3,(H,21,22). The van der Waals surface area contributed by atoms with Crippen molar-refractivity contribution in [3.05, 3.63) is 63.9 Å². The van der Waals surface area contributed by atoms with Crippen molar-refractivity contribution in [2.24, 2.45) is 0 Å². The Labute approximate surface area is 149 Å². The SMILES string of the molecule is CC(SC(C)c1ccc(F)cc1)C(=O)Nc1c(Cl)cccc1Cl. The average molecular weight is 372 g/mol. The molecule has 0 saturated carbocycles. The number of para-hydroxylation sites is 1. The molecule has 0 aliphatic rings. The van der Waals surface area contributed by atoms with E-state index in [0.29, 0.717) is 15.7 Å². The molecule has 23 heavy (non-hydrogen) atoms. The van der Waals surface area contributed by atoms with Gasteiger partial charge in [0, 0.05) is 5.25 Å². The lowest BCUT2D eigenvalue weighted by atomic mass is 10.2. The highest BCUT2D eigenvalue weighted by Crippen LogP contribution is 2.34. The first-order chi connectivity index (χ1) is 10.9. The number of anilines is 1. The lowest BCUT2D eigenvalue weighted by molar-refractivity contribution is -0.115. The molecule has 0 radical (unpaired) electrons. The predicted octanol–water partition coefficient (Wildman–Crippen LogP) is 5.95. The van der Waals surface area contributed by atoms with E-state index in [2.05, 4.69) is 5.32 Å². The van der Waals surface area contributed by atoms with Crippen molar-refractivity contribution in [1.82, 2.24) is 0 Å². The lowest BCUT2D eigenvalue weighted by Gasteiger charge is -2.18. The normalized spacial score (nSPS) is 13.4. The third-order valence-corrected chi connectivity index (χ3v) is 5.26. The summed E-state index contributed by atoms with van der Waals surface area (Å²) in [6.07, 6.45) is 0. The van der Waals surface area contributed by atoms with Gasteiger partial charge < -0.3 is 5.32 Å². The van der Waals surface area contributed by atoms with Gasteiger partial charge in [0.15, 0.2) is 0 Å². The summed E-state index contributed by atoms with van der Waals surface area (Å²) in [6.45, 7) is 3.79. The van der Waals surface area contributed by atoms with E-state index in [1.165, 1.54) is 23.9 Å². The van der Waals surface area contributed by atoms with Gasteiger partial charge in [-0.25, -0.2) is 4.39 Å². The van der Waals surface area contributed by atoms with Crippen LogP contribution in [0.15, 0.2) is 42.5 Å². The molecule has 0 saturated heterocycles. The Morgan fingerprint density at radius 3 is 2.22 bits per heavy atom. The second kappa shape index (κ2) is 8.04. The van der Waals surface area contributed by atoms with E-state index in [9.17, 15) is 9.18 Å². The van der Waals surface area contributed by atoms with E-state index in [1.807, 2.05) is 13.8 Å². The number of carbonyl (C=O) groups excluding carboxylic acids is 1. The molecule has 2 rings (SSSR count). The molecular weight excluding hydrogens is 356 g/mol. The second-order valence-corrected chi connectivity index (χ2v) is 7.56. The predicted molar refractivity (Wildman–Crippen MR) is 97.0 cm³/mol. The van der Waals surface area contributed by atoms with E-state index in [4.69, 9.17) is 23.2 Å². The number of benzene rings is 2. The van der Waals surface area contributed by atoms with Gasteiger partial charge in [0.1, 0.15) is 5.82 Å². The van der Waals surface area contributed by atoms with Crippen LogP contribution in [-0.2, 0) is 4.79 Å². The quantitative estimate of drug-likeness (QED) is 0.702. The van der Waals surface area contributed by atoms with Gasteiger partial charge in [0.2, 0.25) is 5.91 Å². The van der Waals surface area contributed by atoms with E-state index in [-0.39, 0.29) is 22.2 Å². The van der Waals surface area contributed by atoms with Gasteiger partial charge in [-0.05, 0) is 43.7 Å². The van der Waals surface area contributed by atoms with Gasteiger partial charge in [-0.1, -0.05) is 41.4 Å². The summed E-state index contributed by atoms with van der Waals surface area (Å²) in [7, 11) is 0. The molecule has 0 aliphatic carbocycles. The number of hydrogen-bond acceptors (Lipinski definition) is 2. The molecule has 0 spiro atoms. The number of amides is 1. The summed E-state index contributed by atoms with van der Waals surface area (Å²) in [6, 6.07) is 11.3. The Morgan fingerprint density at radius 2 is 1.65 bits per heavy atom. The first-order valence-electron chi connectivity index (χ1n) is 7.04. The number of thioether (sulfide) groups is 1. The fourth-order valence-electron chi connectivity index (χ4n) is 2.02. The molecule has 2 aromatic carbocycles. The Morgan fingerprint density at radius 1 is 1.09 bits per heavy atom. The molecule has 2 nitrogen and oxygen atoms in total. The Hall–Kier alpha value is -1.23. The van der Waals surface area contributed by atoms with Gasteiger partial charge in [0.05, 0.1) is 21.0 Å². The van der Waals surface area contributed by atoms with Crippen molar-refractivity contribution < 1.29 is 9.18 Å². The van der Waals surface area contributed by atoms with Crippen LogP contribution >= 0.6 is 35.0 Å². The van der Waals surface area contributed by atoms with Crippen LogP contribution in [0.1, 0.15) is 24.7 Å². The fraction of sp³-hybridized carbons (Fsp3) is 0.235. The molecule has 1 amide bonds. The largest absolute Gasteiger partial charge is 0.323 e. The molecule has 2 atom stereocenters. The first kappa shape index (κ1) is 18.1. The van der Waals surface area contributed by atoms with Gasteiger partial charge >= 0.3 is 0 Å². The van der Waals surface area contributed by atoms with Crippen LogP contribution in [0.2, 0.25) is 10.0 Å². The first-order valence-corrected chi connectivity index (χ1v) is 8.74. The molecular formula is C17H16Cl2FNOS. The van der Waals surface area contributed by atoms with Crippen LogP contribution in [0.3, 0.4) is 0 Å². The number of rotatable bonds is 5. The second-order valence-electron chi connectivity index (χ2n) is 5.06. The van der Waals surface area contributed by atoms with E-state index in [1.54, 1.807) is 30.3 Å². The molecule has 0 bridgehead atoms. The van der Waals surface area contributed by atoms with Gasteiger partial charge in [-0.2, -0.15) is 0 Å². The monoisotopic (exact) mass is 371 g/mol. The third kappa shape index (κ3) is 4.87. The minimum Gasteiger partial charge on any atom is -0.323 e. The lowest BCUT2D eigenvalue weighted by Crippen LogP contribution is -2.23. The fourth-order valence-corrected chi connectivity index (χ4v) is 3.62. The van der Waals surface area contributed by atoms with E-state index < -0.39 is 0 Å². The van der Waals surface area contributed by atoms with Crippen LogP contribution in [0, 0.1) is 5.82 Å². The summed E-state index contributed by atoms with van der Waals surface area (Å²) >= 11 is 13.6. The summed E-state index contributed by atoms with van der Waals surface area (Å²) < 4.78 is 13.0. The highest BCUT2D eigenvalue weighted by Gasteiger charge is 2.20. The maximum absolute atomic E-state index is 13.0. The maximum Gasteiger partial charge on any atom is 0.237 e. The molecule has 2 aromatic rings. The molecule has 122 valence electrons. The molecule has 0 fully saturated rings. The zero-order chi connectivity index (χ0) is 17.0. The van der Waals surface area contributed by atoms with Crippen LogP contribution < -0.4 is 5.32 Å². The van der Waals surface area contributed by atoms with Crippen LogP contribution in [-0.4, -0.2) is 11.2 Å². The zero-order valence-electron chi connectivity index (χ0n) is 12.6. The van der Waals surface area contributed by atoms with Gasteiger partial charge in [-0.3, -0.25) is 4.79 Å². The van der Waals surface area contributed by atoms with Crippen LogP contribution in [0.4, 0.5) is 10.1 Å². The topological polar surface area (TPSA) is 29.1 Å². The minimum atomic E-state index is -0.317. The highest BCUT2D eigenvalue weighted by atomic mass is 35.5. The molecule has 2 unspecified atom stereocenters.